The Morgan fingerprint density at radius 2 is 1.87 bits per heavy atom. The molecule has 0 fully saturated rings. The van der Waals surface area contributed by atoms with Crippen molar-refractivity contribution in [2.45, 2.75) is 58.8 Å². The van der Waals surface area contributed by atoms with Gasteiger partial charge in [0.25, 0.3) is 11.8 Å². The Morgan fingerprint density at radius 1 is 1.06 bits per heavy atom. The molecule has 0 atom stereocenters. The third kappa shape index (κ3) is 6.07. The Balaban J connectivity index is 1.83. The molecule has 1 aromatic heterocycles. The van der Waals surface area contributed by atoms with E-state index in [-0.39, 0.29) is 11.8 Å². The van der Waals surface area contributed by atoms with Crippen molar-refractivity contribution in [1.82, 2.24) is 10.9 Å². The fraction of sp³-hybridized carbons (Fsp3) is 0.435. The van der Waals surface area contributed by atoms with E-state index in [0.717, 1.165) is 55.4 Å². The summed E-state index contributed by atoms with van der Waals surface area (Å²) in [6.45, 7) is 4.02. The van der Waals surface area contributed by atoms with Crippen molar-refractivity contribution in [2.24, 2.45) is 0 Å². The van der Waals surface area contributed by atoms with Gasteiger partial charge in [-0.2, -0.15) is 0 Å². The maximum absolute atomic E-state index is 13.0. The number of anilines is 1. The summed E-state index contributed by atoms with van der Waals surface area (Å²) in [6, 6.07) is 7.04. The molecule has 1 aromatic carbocycles. The van der Waals surface area contributed by atoms with E-state index in [9.17, 15) is 14.4 Å². The summed E-state index contributed by atoms with van der Waals surface area (Å²) in [5, 5.41) is 3.43. The Hall–Kier alpha value is -2.87. The van der Waals surface area contributed by atoms with Gasteiger partial charge >= 0.3 is 0 Å². The highest BCUT2D eigenvalue weighted by molar-refractivity contribution is 7.17. The minimum Gasteiger partial charge on any atom is -0.494 e. The standard InChI is InChI=1S/C23H29N3O4S/c1-3-4-13-30-17-10-8-9-16(14-17)21(28)24-23-20(22(29)26-25-15(2)27)18-11-6-5-7-12-19(18)31-23/h8-10,14H,3-7,11-13H2,1-2H3,(H,24,28)(H,25,27)(H,26,29). The quantitative estimate of drug-likeness (QED) is 0.339. The van der Waals surface area contributed by atoms with Crippen molar-refractivity contribution in [3.05, 3.63) is 45.8 Å². The van der Waals surface area contributed by atoms with E-state index in [0.29, 0.717) is 28.5 Å². The summed E-state index contributed by atoms with van der Waals surface area (Å²) in [5.74, 6) is -0.431. The number of benzene rings is 1. The number of aryl methyl sites for hydroxylation is 1. The summed E-state index contributed by atoms with van der Waals surface area (Å²) in [6.07, 6.45) is 6.82. The molecule has 0 saturated heterocycles. The maximum Gasteiger partial charge on any atom is 0.272 e. The van der Waals surface area contributed by atoms with E-state index in [1.54, 1.807) is 18.2 Å². The lowest BCUT2D eigenvalue weighted by molar-refractivity contribution is -0.119. The minimum absolute atomic E-state index is 0.300. The number of thiophene rings is 1. The molecule has 0 aliphatic heterocycles. The SMILES string of the molecule is CCCCOc1cccc(C(=O)Nc2sc3c(c2C(=O)NNC(C)=O)CCCCC3)c1. The van der Waals surface area contributed by atoms with Crippen LogP contribution in [0.4, 0.5) is 5.00 Å². The van der Waals surface area contributed by atoms with Crippen LogP contribution >= 0.6 is 11.3 Å². The van der Waals surface area contributed by atoms with Crippen molar-refractivity contribution in [1.29, 1.82) is 0 Å². The molecule has 2 aromatic rings. The second kappa shape index (κ2) is 10.9. The number of hydrazine groups is 1. The number of carbonyl (C=O) groups excluding carboxylic acids is 3. The van der Waals surface area contributed by atoms with Crippen LogP contribution in [0, 0.1) is 0 Å². The van der Waals surface area contributed by atoms with Crippen LogP contribution in [0.15, 0.2) is 24.3 Å². The van der Waals surface area contributed by atoms with Gasteiger partial charge in [0.1, 0.15) is 10.8 Å². The van der Waals surface area contributed by atoms with Gasteiger partial charge in [-0.1, -0.05) is 25.8 Å². The average molecular weight is 444 g/mol. The van der Waals surface area contributed by atoms with Crippen LogP contribution < -0.4 is 20.9 Å². The second-order valence-corrected chi connectivity index (χ2v) is 8.69. The predicted octanol–water partition coefficient (Wildman–Crippen LogP) is 4.23. The highest BCUT2D eigenvalue weighted by Gasteiger charge is 2.26. The monoisotopic (exact) mass is 443 g/mol. The van der Waals surface area contributed by atoms with E-state index in [2.05, 4.69) is 23.1 Å². The molecule has 7 nitrogen and oxygen atoms in total. The minimum atomic E-state index is -0.415. The number of ether oxygens (including phenoxy) is 1. The van der Waals surface area contributed by atoms with Gasteiger partial charge < -0.3 is 10.1 Å². The lowest BCUT2D eigenvalue weighted by atomic mass is 10.0. The van der Waals surface area contributed by atoms with E-state index in [4.69, 9.17) is 4.74 Å². The predicted molar refractivity (Wildman–Crippen MR) is 122 cm³/mol. The summed E-state index contributed by atoms with van der Waals surface area (Å²) in [7, 11) is 0. The highest BCUT2D eigenvalue weighted by Crippen LogP contribution is 2.37. The summed E-state index contributed by atoms with van der Waals surface area (Å²) < 4.78 is 5.70. The van der Waals surface area contributed by atoms with Crippen LogP contribution in [0.25, 0.3) is 0 Å². The molecule has 3 N–H and O–H groups in total. The van der Waals surface area contributed by atoms with Gasteiger partial charge in [-0.05, 0) is 55.9 Å². The van der Waals surface area contributed by atoms with E-state index >= 15 is 0 Å². The first kappa shape index (κ1) is 22.8. The lowest BCUT2D eigenvalue weighted by Crippen LogP contribution is -2.40. The van der Waals surface area contributed by atoms with Gasteiger partial charge in [-0.15, -0.1) is 11.3 Å². The third-order valence-electron chi connectivity index (χ3n) is 5.09. The van der Waals surface area contributed by atoms with Crippen molar-refractivity contribution in [2.75, 3.05) is 11.9 Å². The van der Waals surface area contributed by atoms with E-state index in [1.165, 1.54) is 18.3 Å². The molecule has 0 saturated carbocycles. The number of hydrogen-bond acceptors (Lipinski definition) is 5. The van der Waals surface area contributed by atoms with Crippen LogP contribution in [-0.4, -0.2) is 24.3 Å². The Bertz CT molecular complexity index is 954. The summed E-state index contributed by atoms with van der Waals surface area (Å²) >= 11 is 1.45. The smallest absolute Gasteiger partial charge is 0.272 e. The lowest BCUT2D eigenvalue weighted by Gasteiger charge is -2.11. The zero-order valence-corrected chi connectivity index (χ0v) is 18.8. The molecule has 31 heavy (non-hydrogen) atoms. The maximum atomic E-state index is 13.0. The first-order valence-electron chi connectivity index (χ1n) is 10.7. The zero-order valence-electron chi connectivity index (χ0n) is 18.0. The van der Waals surface area contributed by atoms with Crippen LogP contribution in [0.5, 0.6) is 5.75 Å². The number of amides is 3. The van der Waals surface area contributed by atoms with Crippen LogP contribution in [0.3, 0.4) is 0 Å². The molecule has 3 amide bonds. The average Bonchev–Trinajstić information content (AvgIpc) is 2.92. The summed E-state index contributed by atoms with van der Waals surface area (Å²) in [5.41, 5.74) is 6.66. The molecule has 8 heteroatoms. The second-order valence-electron chi connectivity index (χ2n) is 7.59. The molecular formula is C23H29N3O4S. The Labute approximate surface area is 186 Å². The molecule has 166 valence electrons. The van der Waals surface area contributed by atoms with Gasteiger partial charge in [0.2, 0.25) is 5.91 Å². The van der Waals surface area contributed by atoms with Gasteiger partial charge in [0.15, 0.2) is 0 Å². The molecular weight excluding hydrogens is 414 g/mol. The van der Waals surface area contributed by atoms with Crippen molar-refractivity contribution >= 4 is 34.1 Å². The Morgan fingerprint density at radius 3 is 2.65 bits per heavy atom. The highest BCUT2D eigenvalue weighted by atomic mass is 32.1. The largest absolute Gasteiger partial charge is 0.494 e. The molecule has 0 unspecified atom stereocenters. The topological polar surface area (TPSA) is 96.5 Å². The van der Waals surface area contributed by atoms with E-state index in [1.807, 2.05) is 6.07 Å². The molecule has 1 aliphatic carbocycles. The number of hydrogen-bond donors (Lipinski definition) is 3. The van der Waals surface area contributed by atoms with Crippen molar-refractivity contribution in [3.63, 3.8) is 0 Å². The number of carbonyl (C=O) groups is 3. The van der Waals surface area contributed by atoms with E-state index < -0.39 is 5.91 Å². The van der Waals surface area contributed by atoms with Gasteiger partial charge in [0.05, 0.1) is 12.2 Å². The molecule has 0 spiro atoms. The molecule has 1 aliphatic rings. The Kier molecular flexibility index (Phi) is 8.06. The fourth-order valence-corrected chi connectivity index (χ4v) is 4.80. The first-order chi connectivity index (χ1) is 15.0. The normalized spacial score (nSPS) is 13.0. The zero-order chi connectivity index (χ0) is 22.2. The number of unbranched alkanes of at least 4 members (excludes halogenated alkanes) is 1. The van der Waals surface area contributed by atoms with Gasteiger partial charge in [-0.3, -0.25) is 25.2 Å². The molecule has 1 heterocycles. The van der Waals surface area contributed by atoms with Crippen LogP contribution in [0.1, 0.15) is 77.1 Å². The molecule has 0 radical (unpaired) electrons. The third-order valence-corrected chi connectivity index (χ3v) is 6.30. The van der Waals surface area contributed by atoms with Crippen molar-refractivity contribution < 1.29 is 19.1 Å². The van der Waals surface area contributed by atoms with Gasteiger partial charge in [-0.25, -0.2) is 0 Å². The summed E-state index contributed by atoms with van der Waals surface area (Å²) in [4.78, 5) is 38.2. The molecule has 0 bridgehead atoms. The first-order valence-corrected chi connectivity index (χ1v) is 11.6. The van der Waals surface area contributed by atoms with Crippen LogP contribution in [-0.2, 0) is 17.6 Å². The number of fused-ring (bicyclic) bond motifs is 1. The molecule has 3 rings (SSSR count). The fourth-order valence-electron chi connectivity index (χ4n) is 3.51. The van der Waals surface area contributed by atoms with Crippen LogP contribution in [0.2, 0.25) is 0 Å². The van der Waals surface area contributed by atoms with Gasteiger partial charge in [0, 0.05) is 17.4 Å². The number of rotatable bonds is 7. The number of nitrogens with one attached hydrogen (secondary N) is 3. The van der Waals surface area contributed by atoms with Crippen molar-refractivity contribution in [3.8, 4) is 5.75 Å².